The summed E-state index contributed by atoms with van der Waals surface area (Å²) in [5.41, 5.74) is -0.494. The smallest absolute Gasteiger partial charge is 0.269 e. The Kier molecular flexibility index (Phi) is 3.10. The minimum Gasteiger partial charge on any atom is -0.502 e. The molecule has 0 aliphatic rings. The van der Waals surface area contributed by atoms with E-state index in [1.165, 1.54) is 30.3 Å². The number of non-ortho nitro benzene ring substituents is 1. The number of nitro groups is 1. The highest BCUT2D eigenvalue weighted by atomic mass is 19.1. The first-order chi connectivity index (χ1) is 10.5. The standard InChI is InChI=1S/C15H8FNO5/c16-9-3-6-12-11(7-9)13(18)14(19)15(22-12)8-1-4-10(5-2-8)17(20)21/h1-7,19H. The first-order valence-electron chi connectivity index (χ1n) is 6.17. The van der Waals surface area contributed by atoms with Crippen LogP contribution in [0.2, 0.25) is 0 Å². The van der Waals surface area contributed by atoms with Crippen molar-refractivity contribution in [3.05, 3.63) is 68.6 Å². The van der Waals surface area contributed by atoms with Gasteiger partial charge in [0.15, 0.2) is 5.76 Å². The summed E-state index contributed by atoms with van der Waals surface area (Å²) in [7, 11) is 0. The molecule has 22 heavy (non-hydrogen) atoms. The largest absolute Gasteiger partial charge is 0.502 e. The third-order valence-corrected chi connectivity index (χ3v) is 3.17. The number of benzene rings is 2. The minimum absolute atomic E-state index is 0.0804. The quantitative estimate of drug-likeness (QED) is 0.579. The summed E-state index contributed by atoms with van der Waals surface area (Å²) in [5.74, 6) is -1.42. The van der Waals surface area contributed by atoms with Crippen LogP contribution in [0.15, 0.2) is 51.7 Å². The number of rotatable bonds is 2. The lowest BCUT2D eigenvalue weighted by molar-refractivity contribution is -0.384. The zero-order chi connectivity index (χ0) is 15.9. The molecule has 7 heteroatoms. The van der Waals surface area contributed by atoms with Crippen LogP contribution in [0.4, 0.5) is 10.1 Å². The molecule has 3 aromatic rings. The number of fused-ring (bicyclic) bond motifs is 1. The first kappa shape index (κ1) is 13.7. The van der Waals surface area contributed by atoms with Crippen molar-refractivity contribution >= 4 is 16.7 Å². The van der Waals surface area contributed by atoms with Crippen LogP contribution >= 0.6 is 0 Å². The molecule has 0 radical (unpaired) electrons. The van der Waals surface area contributed by atoms with Crippen molar-refractivity contribution in [3.63, 3.8) is 0 Å². The fraction of sp³-hybridized carbons (Fsp3) is 0. The third-order valence-electron chi connectivity index (χ3n) is 3.17. The van der Waals surface area contributed by atoms with Gasteiger partial charge in [-0.25, -0.2) is 4.39 Å². The van der Waals surface area contributed by atoms with E-state index in [-0.39, 0.29) is 22.4 Å². The second kappa shape index (κ2) is 4.96. The summed E-state index contributed by atoms with van der Waals surface area (Å²) in [6.07, 6.45) is 0. The van der Waals surface area contributed by atoms with Crippen LogP contribution in [0.5, 0.6) is 5.75 Å². The van der Waals surface area contributed by atoms with Crippen molar-refractivity contribution in [1.29, 1.82) is 0 Å². The van der Waals surface area contributed by atoms with Gasteiger partial charge in [0.25, 0.3) is 5.69 Å². The van der Waals surface area contributed by atoms with Gasteiger partial charge in [0.1, 0.15) is 11.4 Å². The van der Waals surface area contributed by atoms with Crippen LogP contribution in [-0.4, -0.2) is 10.0 Å². The highest BCUT2D eigenvalue weighted by molar-refractivity contribution is 5.81. The van der Waals surface area contributed by atoms with Crippen molar-refractivity contribution < 1.29 is 18.8 Å². The zero-order valence-electron chi connectivity index (χ0n) is 10.9. The zero-order valence-corrected chi connectivity index (χ0v) is 10.9. The van der Waals surface area contributed by atoms with Crippen LogP contribution in [-0.2, 0) is 0 Å². The van der Waals surface area contributed by atoms with Crippen molar-refractivity contribution in [1.82, 2.24) is 0 Å². The molecule has 0 amide bonds. The monoisotopic (exact) mass is 301 g/mol. The molecule has 3 rings (SSSR count). The summed E-state index contributed by atoms with van der Waals surface area (Å²) >= 11 is 0. The molecule has 0 aliphatic carbocycles. The van der Waals surface area contributed by atoms with E-state index < -0.39 is 21.9 Å². The van der Waals surface area contributed by atoms with Gasteiger partial charge < -0.3 is 9.52 Å². The molecule has 6 nitrogen and oxygen atoms in total. The average Bonchev–Trinajstić information content (AvgIpc) is 2.51. The summed E-state index contributed by atoms with van der Waals surface area (Å²) < 4.78 is 18.6. The molecular formula is C15H8FNO5. The van der Waals surface area contributed by atoms with Gasteiger partial charge >= 0.3 is 0 Å². The van der Waals surface area contributed by atoms with Crippen LogP contribution in [0, 0.1) is 15.9 Å². The maximum Gasteiger partial charge on any atom is 0.269 e. The van der Waals surface area contributed by atoms with Gasteiger partial charge in [-0.3, -0.25) is 14.9 Å². The normalized spacial score (nSPS) is 10.8. The SMILES string of the molecule is O=c1c(O)c(-c2ccc([N+](=O)[O-])cc2)oc2ccc(F)cc12. The van der Waals surface area contributed by atoms with Crippen LogP contribution < -0.4 is 5.43 Å². The van der Waals surface area contributed by atoms with Gasteiger partial charge in [-0.05, 0) is 30.3 Å². The lowest BCUT2D eigenvalue weighted by Crippen LogP contribution is -2.03. The van der Waals surface area contributed by atoms with Crippen LogP contribution in [0.3, 0.4) is 0 Å². The number of halogens is 1. The van der Waals surface area contributed by atoms with E-state index in [4.69, 9.17) is 4.42 Å². The molecule has 110 valence electrons. The van der Waals surface area contributed by atoms with Gasteiger partial charge in [-0.1, -0.05) is 0 Å². The highest BCUT2D eigenvalue weighted by Gasteiger charge is 2.16. The van der Waals surface area contributed by atoms with Gasteiger partial charge in [-0.15, -0.1) is 0 Å². The Morgan fingerprint density at radius 1 is 1.14 bits per heavy atom. The Morgan fingerprint density at radius 2 is 1.82 bits per heavy atom. The van der Waals surface area contributed by atoms with Crippen LogP contribution in [0.1, 0.15) is 0 Å². The molecule has 0 atom stereocenters. The molecule has 0 aliphatic heterocycles. The average molecular weight is 301 g/mol. The number of hydrogen-bond donors (Lipinski definition) is 1. The minimum atomic E-state index is -0.769. The van der Waals surface area contributed by atoms with Crippen molar-refractivity contribution in [2.45, 2.75) is 0 Å². The second-order valence-corrected chi connectivity index (χ2v) is 4.55. The number of nitro benzene ring substituents is 1. The fourth-order valence-corrected chi connectivity index (χ4v) is 2.09. The number of hydrogen-bond acceptors (Lipinski definition) is 5. The molecule has 2 aromatic carbocycles. The van der Waals surface area contributed by atoms with E-state index in [0.29, 0.717) is 5.56 Å². The van der Waals surface area contributed by atoms with Gasteiger partial charge in [-0.2, -0.15) is 0 Å². The lowest BCUT2D eigenvalue weighted by Gasteiger charge is -2.05. The Labute approximate surface area is 122 Å². The molecule has 1 N–H and O–H groups in total. The van der Waals surface area contributed by atoms with Gasteiger partial charge in [0.05, 0.1) is 10.3 Å². The maximum absolute atomic E-state index is 13.2. The van der Waals surface area contributed by atoms with Gasteiger partial charge in [0.2, 0.25) is 11.2 Å². The number of aromatic hydroxyl groups is 1. The molecule has 0 saturated heterocycles. The maximum atomic E-state index is 13.2. The molecular weight excluding hydrogens is 293 g/mol. The van der Waals surface area contributed by atoms with E-state index in [1.807, 2.05) is 0 Å². The summed E-state index contributed by atoms with van der Waals surface area (Å²) in [5, 5.41) is 20.5. The van der Waals surface area contributed by atoms with Crippen molar-refractivity contribution in [2.75, 3.05) is 0 Å². The van der Waals surface area contributed by atoms with E-state index >= 15 is 0 Å². The van der Waals surface area contributed by atoms with E-state index in [2.05, 4.69) is 0 Å². The van der Waals surface area contributed by atoms with Gasteiger partial charge in [0, 0.05) is 17.7 Å². The summed E-state index contributed by atoms with van der Waals surface area (Å²) in [4.78, 5) is 22.1. The number of nitrogens with zero attached hydrogens (tertiary/aromatic N) is 1. The molecule has 0 saturated carbocycles. The van der Waals surface area contributed by atoms with E-state index in [0.717, 1.165) is 12.1 Å². The third kappa shape index (κ3) is 2.18. The molecule has 0 fully saturated rings. The Bertz CT molecular complexity index is 947. The Hall–Kier alpha value is -3.22. The predicted octanol–water partition coefficient (Wildman–Crippen LogP) is 3.21. The summed E-state index contributed by atoms with van der Waals surface area (Å²) in [6, 6.07) is 8.53. The Morgan fingerprint density at radius 3 is 2.45 bits per heavy atom. The fourth-order valence-electron chi connectivity index (χ4n) is 2.09. The van der Waals surface area contributed by atoms with Crippen molar-refractivity contribution in [3.8, 4) is 17.1 Å². The second-order valence-electron chi connectivity index (χ2n) is 4.55. The van der Waals surface area contributed by atoms with E-state index in [1.54, 1.807) is 0 Å². The topological polar surface area (TPSA) is 93.6 Å². The molecule has 0 unspecified atom stereocenters. The Balaban J connectivity index is 2.23. The molecule has 1 aromatic heterocycles. The highest BCUT2D eigenvalue weighted by Crippen LogP contribution is 2.31. The molecule has 0 spiro atoms. The lowest BCUT2D eigenvalue weighted by atomic mass is 10.1. The molecule has 0 bridgehead atoms. The predicted molar refractivity (Wildman–Crippen MR) is 76.2 cm³/mol. The molecule has 1 heterocycles. The van der Waals surface area contributed by atoms with Crippen LogP contribution in [0.25, 0.3) is 22.3 Å². The first-order valence-corrected chi connectivity index (χ1v) is 6.17. The summed E-state index contributed by atoms with van der Waals surface area (Å²) in [6.45, 7) is 0. The van der Waals surface area contributed by atoms with Crippen molar-refractivity contribution in [2.24, 2.45) is 0 Å². The van der Waals surface area contributed by atoms with E-state index in [9.17, 15) is 24.4 Å².